The van der Waals surface area contributed by atoms with Gasteiger partial charge in [-0.2, -0.15) is 0 Å². The lowest BCUT2D eigenvalue weighted by atomic mass is 9.96. The number of hydrogen-bond donors (Lipinski definition) is 5. The zero-order valence-electron chi connectivity index (χ0n) is 17.2. The van der Waals surface area contributed by atoms with E-state index in [0.717, 1.165) is 27.8 Å². The largest absolute Gasteiger partial charge is 0.482 e. The third-order valence-electron chi connectivity index (χ3n) is 5.49. The molecule has 0 aliphatic carbocycles. The maximum Gasteiger partial charge on any atom is 0.195 e. The highest BCUT2D eigenvalue weighted by Crippen LogP contribution is 2.31. The van der Waals surface area contributed by atoms with Crippen molar-refractivity contribution in [3.05, 3.63) is 64.2 Å². The SMILES string of the molecule is Cc1cc(C)c(Cc2ccc(CCO)cc2)c(O[C@@H]2[C@@H](O)[C@H](O)[C@@H](CO)O[C@H]2O)c1. The van der Waals surface area contributed by atoms with E-state index in [0.29, 0.717) is 18.6 Å². The van der Waals surface area contributed by atoms with Crippen LogP contribution in [-0.2, 0) is 17.6 Å². The molecule has 0 amide bonds. The molecule has 0 unspecified atom stereocenters. The van der Waals surface area contributed by atoms with Crippen LogP contribution in [0.4, 0.5) is 0 Å². The maximum absolute atomic E-state index is 10.4. The summed E-state index contributed by atoms with van der Waals surface area (Å²) in [6.07, 6.45) is -5.39. The summed E-state index contributed by atoms with van der Waals surface area (Å²) in [5, 5.41) is 49.2. The summed E-state index contributed by atoms with van der Waals surface area (Å²) in [7, 11) is 0. The van der Waals surface area contributed by atoms with E-state index in [-0.39, 0.29) is 6.61 Å². The Morgan fingerprint density at radius 1 is 0.933 bits per heavy atom. The van der Waals surface area contributed by atoms with Crippen LogP contribution in [0.3, 0.4) is 0 Å². The lowest BCUT2D eigenvalue weighted by Crippen LogP contribution is -2.60. The lowest BCUT2D eigenvalue weighted by molar-refractivity contribution is -0.280. The molecule has 164 valence electrons. The van der Waals surface area contributed by atoms with Crippen LogP contribution >= 0.6 is 0 Å². The van der Waals surface area contributed by atoms with E-state index >= 15 is 0 Å². The van der Waals surface area contributed by atoms with Gasteiger partial charge in [-0.1, -0.05) is 30.3 Å². The first-order valence-electron chi connectivity index (χ1n) is 10.1. The summed E-state index contributed by atoms with van der Waals surface area (Å²) in [5.74, 6) is 0.494. The van der Waals surface area contributed by atoms with Crippen molar-refractivity contribution in [2.45, 2.75) is 57.4 Å². The molecule has 7 heteroatoms. The molecule has 7 nitrogen and oxygen atoms in total. The van der Waals surface area contributed by atoms with Crippen molar-refractivity contribution in [1.29, 1.82) is 0 Å². The molecular formula is C23H30O7. The van der Waals surface area contributed by atoms with E-state index in [2.05, 4.69) is 0 Å². The molecule has 5 N–H and O–H groups in total. The summed E-state index contributed by atoms with van der Waals surface area (Å²) in [4.78, 5) is 0. The quantitative estimate of drug-likeness (QED) is 0.447. The highest BCUT2D eigenvalue weighted by molar-refractivity contribution is 5.46. The second-order valence-electron chi connectivity index (χ2n) is 7.84. The molecule has 0 aromatic heterocycles. The second-order valence-corrected chi connectivity index (χ2v) is 7.84. The van der Waals surface area contributed by atoms with E-state index in [9.17, 15) is 20.4 Å². The van der Waals surface area contributed by atoms with Gasteiger partial charge >= 0.3 is 0 Å². The number of aryl methyl sites for hydroxylation is 2. The molecule has 30 heavy (non-hydrogen) atoms. The number of ether oxygens (including phenoxy) is 2. The Bertz CT molecular complexity index is 836. The smallest absolute Gasteiger partial charge is 0.195 e. The van der Waals surface area contributed by atoms with Crippen LogP contribution in [0.15, 0.2) is 36.4 Å². The average molecular weight is 418 g/mol. The zero-order chi connectivity index (χ0) is 21.8. The van der Waals surface area contributed by atoms with Gasteiger partial charge in [-0.25, -0.2) is 0 Å². The van der Waals surface area contributed by atoms with Gasteiger partial charge in [0.2, 0.25) is 0 Å². The van der Waals surface area contributed by atoms with Crippen LogP contribution in [0.25, 0.3) is 0 Å². The van der Waals surface area contributed by atoms with E-state index in [4.69, 9.17) is 14.6 Å². The predicted molar refractivity (Wildman–Crippen MR) is 110 cm³/mol. The third kappa shape index (κ3) is 5.00. The fraction of sp³-hybridized carbons (Fsp3) is 0.478. The van der Waals surface area contributed by atoms with Crippen molar-refractivity contribution >= 4 is 0 Å². The van der Waals surface area contributed by atoms with Gasteiger partial charge in [-0.3, -0.25) is 0 Å². The second kappa shape index (κ2) is 9.87. The molecule has 2 aromatic carbocycles. The van der Waals surface area contributed by atoms with Gasteiger partial charge in [0, 0.05) is 18.6 Å². The van der Waals surface area contributed by atoms with Crippen LogP contribution in [0.1, 0.15) is 27.8 Å². The first-order valence-corrected chi connectivity index (χ1v) is 10.1. The van der Waals surface area contributed by atoms with Gasteiger partial charge in [0.25, 0.3) is 0 Å². The first kappa shape index (κ1) is 22.7. The minimum Gasteiger partial charge on any atom is -0.482 e. The Labute approximate surface area is 176 Å². The first-order chi connectivity index (χ1) is 14.3. The Kier molecular flexibility index (Phi) is 7.46. The predicted octanol–water partition coefficient (Wildman–Crippen LogP) is 0.608. The summed E-state index contributed by atoms with van der Waals surface area (Å²) in [6.45, 7) is 3.47. The van der Waals surface area contributed by atoms with Gasteiger partial charge in [0.15, 0.2) is 12.4 Å². The Balaban J connectivity index is 1.86. The molecule has 1 aliphatic heterocycles. The molecule has 0 bridgehead atoms. The van der Waals surface area contributed by atoms with Crippen molar-refractivity contribution in [1.82, 2.24) is 0 Å². The number of rotatable bonds is 7. The fourth-order valence-corrected chi connectivity index (χ4v) is 3.79. The molecule has 5 atom stereocenters. The molecule has 3 rings (SSSR count). The number of hydrogen-bond acceptors (Lipinski definition) is 7. The number of aliphatic hydroxyl groups is 5. The fourth-order valence-electron chi connectivity index (χ4n) is 3.79. The van der Waals surface area contributed by atoms with Crippen molar-refractivity contribution < 1.29 is 35.0 Å². The summed E-state index contributed by atoms with van der Waals surface area (Å²) in [5.41, 5.74) is 4.96. The van der Waals surface area contributed by atoms with Crippen molar-refractivity contribution in [3.8, 4) is 5.75 Å². The Morgan fingerprint density at radius 2 is 1.60 bits per heavy atom. The summed E-state index contributed by atoms with van der Waals surface area (Å²) >= 11 is 0. The van der Waals surface area contributed by atoms with E-state index in [1.54, 1.807) is 0 Å². The number of benzene rings is 2. The molecule has 1 heterocycles. The Morgan fingerprint density at radius 3 is 2.23 bits per heavy atom. The Hall–Kier alpha value is -2.00. The number of aliphatic hydroxyl groups excluding tert-OH is 5. The van der Waals surface area contributed by atoms with Gasteiger partial charge in [0.05, 0.1) is 6.61 Å². The molecule has 0 spiro atoms. The van der Waals surface area contributed by atoms with E-state index in [1.807, 2.05) is 50.2 Å². The normalized spacial score (nSPS) is 26.6. The molecule has 0 radical (unpaired) electrons. The molecular weight excluding hydrogens is 388 g/mol. The van der Waals surface area contributed by atoms with Crippen molar-refractivity contribution in [2.75, 3.05) is 13.2 Å². The van der Waals surface area contributed by atoms with Crippen LogP contribution in [0, 0.1) is 13.8 Å². The minimum atomic E-state index is -1.49. The average Bonchev–Trinajstić information content (AvgIpc) is 2.71. The minimum absolute atomic E-state index is 0.103. The van der Waals surface area contributed by atoms with Crippen LogP contribution in [0.2, 0.25) is 0 Å². The molecule has 1 aliphatic rings. The van der Waals surface area contributed by atoms with Gasteiger partial charge < -0.3 is 35.0 Å². The highest BCUT2D eigenvalue weighted by atomic mass is 16.7. The summed E-state index contributed by atoms with van der Waals surface area (Å²) in [6, 6.07) is 11.8. The third-order valence-corrected chi connectivity index (χ3v) is 5.49. The van der Waals surface area contributed by atoms with Crippen LogP contribution in [-0.4, -0.2) is 69.5 Å². The van der Waals surface area contributed by atoms with Gasteiger partial charge in [-0.05, 0) is 48.6 Å². The molecule has 2 aromatic rings. The zero-order valence-corrected chi connectivity index (χ0v) is 17.2. The highest BCUT2D eigenvalue weighted by Gasteiger charge is 2.45. The van der Waals surface area contributed by atoms with Gasteiger partial charge in [-0.15, -0.1) is 0 Å². The van der Waals surface area contributed by atoms with E-state index < -0.39 is 37.3 Å². The monoisotopic (exact) mass is 418 g/mol. The lowest BCUT2D eigenvalue weighted by Gasteiger charge is -2.40. The van der Waals surface area contributed by atoms with Crippen LogP contribution in [0.5, 0.6) is 5.75 Å². The van der Waals surface area contributed by atoms with Crippen molar-refractivity contribution in [3.63, 3.8) is 0 Å². The maximum atomic E-state index is 10.4. The van der Waals surface area contributed by atoms with Gasteiger partial charge in [0.1, 0.15) is 24.1 Å². The summed E-state index contributed by atoms with van der Waals surface area (Å²) < 4.78 is 11.2. The molecule has 0 saturated carbocycles. The van der Waals surface area contributed by atoms with Crippen molar-refractivity contribution in [2.24, 2.45) is 0 Å². The molecule has 1 saturated heterocycles. The van der Waals surface area contributed by atoms with E-state index in [1.165, 1.54) is 0 Å². The standard InChI is InChI=1S/C23H30O7/c1-13-9-14(2)17(11-16-5-3-15(4-6-16)7-8-24)18(10-13)29-22-21(27)20(26)19(12-25)30-23(22)28/h3-6,9-10,19-28H,7-8,11-12H2,1-2H3/t19-,20-,21+,22-,23-/m1/s1. The van der Waals surface area contributed by atoms with Crippen LogP contribution < -0.4 is 4.74 Å². The molecule has 1 fully saturated rings. The topological polar surface area (TPSA) is 120 Å².